The number of ketones is 2. The van der Waals surface area contributed by atoms with Crippen LogP contribution in [0.25, 0.3) is 0 Å². The van der Waals surface area contributed by atoms with Crippen molar-refractivity contribution < 1.29 is 28.7 Å². The molecule has 37 heavy (non-hydrogen) atoms. The molecule has 0 unspecified atom stereocenters. The van der Waals surface area contributed by atoms with Gasteiger partial charge in [-0.05, 0) is 56.1 Å². The summed E-state index contributed by atoms with van der Waals surface area (Å²) >= 11 is 14.9. The summed E-state index contributed by atoms with van der Waals surface area (Å²) in [5.74, 6) is -1.87. The molecule has 0 bridgehead atoms. The molecule has 0 aromatic rings. The Morgan fingerprint density at radius 1 is 1.19 bits per heavy atom. The number of fused-ring (bicyclic) bond motifs is 5. The molecule has 4 aliphatic carbocycles. The Hall–Kier alpha value is -1.66. The van der Waals surface area contributed by atoms with E-state index in [0.717, 1.165) is 18.4 Å². The summed E-state index contributed by atoms with van der Waals surface area (Å²) in [6, 6.07) is 0. The second kappa shape index (κ2) is 9.82. The first kappa shape index (κ1) is 28.4. The number of rotatable bonds is 7. The van der Waals surface area contributed by atoms with Gasteiger partial charge in [0.1, 0.15) is 0 Å². The molecular weight excluding hydrogens is 515 g/mol. The maximum absolute atomic E-state index is 13.9. The van der Waals surface area contributed by atoms with Crippen molar-refractivity contribution in [2.45, 2.75) is 95.4 Å². The Balaban J connectivity index is 1.79. The van der Waals surface area contributed by atoms with Crippen molar-refractivity contribution in [1.29, 1.82) is 0 Å². The van der Waals surface area contributed by atoms with Crippen molar-refractivity contribution in [2.75, 3.05) is 6.61 Å². The molecule has 8 heteroatoms. The lowest BCUT2D eigenvalue weighted by atomic mass is 9.46. The van der Waals surface area contributed by atoms with Crippen molar-refractivity contribution in [1.82, 2.24) is 0 Å². The van der Waals surface area contributed by atoms with Crippen molar-refractivity contribution >= 4 is 46.7 Å². The first-order valence-electron chi connectivity index (χ1n) is 13.4. The van der Waals surface area contributed by atoms with Gasteiger partial charge < -0.3 is 9.47 Å². The summed E-state index contributed by atoms with van der Waals surface area (Å²) < 4.78 is 11.4. The van der Waals surface area contributed by atoms with E-state index in [1.807, 2.05) is 26.8 Å². The van der Waals surface area contributed by atoms with E-state index in [-0.39, 0.29) is 30.0 Å². The van der Waals surface area contributed by atoms with Crippen LogP contribution >= 0.6 is 23.2 Å². The molecule has 0 N–H and O–H groups in total. The smallest absolute Gasteiger partial charge is 0.306 e. The quantitative estimate of drug-likeness (QED) is 0.296. The number of allylic oxidation sites excluding steroid dienone is 4. The second-order valence-electron chi connectivity index (χ2n) is 11.9. The number of carbonyl (C=O) groups is 4. The van der Waals surface area contributed by atoms with Crippen LogP contribution in [0.1, 0.15) is 79.6 Å². The van der Waals surface area contributed by atoms with Gasteiger partial charge in [0.05, 0.1) is 10.3 Å². The van der Waals surface area contributed by atoms with Crippen molar-refractivity contribution in [2.24, 2.45) is 28.6 Å². The number of ether oxygens (including phenoxy) is 2. The van der Waals surface area contributed by atoms with Crippen LogP contribution in [0.15, 0.2) is 23.8 Å². The molecule has 0 saturated heterocycles. The predicted octanol–water partition coefficient (Wildman–Crippen LogP) is 5.72. The first-order chi connectivity index (χ1) is 17.3. The molecule has 0 aromatic heterocycles. The SMILES string of the molecule is CCCCC(=O)O[C@]1(C(=O)COC(C)=O)[C@H](C)C[C@H]2[C@@H]3CCC4=CC(=O)C=C[C@]4(C)[C@@]3(Cl)[C@@H](Cl)C[C@@]21C. The van der Waals surface area contributed by atoms with Gasteiger partial charge in [-0.3, -0.25) is 19.2 Å². The fourth-order valence-corrected chi connectivity index (χ4v) is 9.39. The lowest BCUT2D eigenvalue weighted by molar-refractivity contribution is -0.196. The Labute approximate surface area is 229 Å². The van der Waals surface area contributed by atoms with E-state index >= 15 is 0 Å². The van der Waals surface area contributed by atoms with E-state index < -0.39 is 51.0 Å². The molecule has 0 amide bonds. The highest BCUT2D eigenvalue weighted by atomic mass is 35.5. The Bertz CT molecular complexity index is 1070. The van der Waals surface area contributed by atoms with Gasteiger partial charge in [-0.1, -0.05) is 45.8 Å². The second-order valence-corrected chi connectivity index (χ2v) is 13.0. The van der Waals surface area contributed by atoms with E-state index in [9.17, 15) is 19.2 Å². The van der Waals surface area contributed by atoms with E-state index in [4.69, 9.17) is 32.7 Å². The summed E-state index contributed by atoms with van der Waals surface area (Å²) in [6.07, 6.45) is 9.28. The number of alkyl halides is 2. The summed E-state index contributed by atoms with van der Waals surface area (Å²) in [7, 11) is 0. The molecular formula is C29H38Cl2O6. The number of esters is 2. The molecule has 0 heterocycles. The fourth-order valence-electron chi connectivity index (χ4n) is 8.16. The van der Waals surface area contributed by atoms with Crippen LogP contribution in [-0.2, 0) is 28.7 Å². The standard InChI is InChI=1S/C29H38Cl2O6/c1-6-7-8-25(35)37-29(24(34)16-36-18(3)32)17(2)13-22-21-10-9-19-14-20(33)11-12-26(19,4)28(21,31)23(30)15-27(22,29)5/h11-12,14,17,21-23H,6-10,13,15-16H2,1-5H3/t17-,21+,22+,23+,26+,27+,28+,29+/m1/s1. The lowest BCUT2D eigenvalue weighted by Crippen LogP contribution is -2.68. The molecule has 4 aliphatic rings. The van der Waals surface area contributed by atoms with Crippen LogP contribution < -0.4 is 0 Å². The van der Waals surface area contributed by atoms with Gasteiger partial charge in [0.2, 0.25) is 5.78 Å². The third kappa shape index (κ3) is 4.04. The Morgan fingerprint density at radius 2 is 1.89 bits per heavy atom. The average Bonchev–Trinajstić information content (AvgIpc) is 3.04. The highest BCUT2D eigenvalue weighted by Gasteiger charge is 2.76. The summed E-state index contributed by atoms with van der Waals surface area (Å²) in [5, 5.41) is -0.562. The third-order valence-electron chi connectivity index (χ3n) is 9.97. The third-order valence-corrected chi connectivity index (χ3v) is 11.5. The van der Waals surface area contributed by atoms with Crippen LogP contribution in [0.2, 0.25) is 0 Å². The zero-order valence-electron chi connectivity index (χ0n) is 22.4. The maximum atomic E-state index is 13.9. The topological polar surface area (TPSA) is 86.7 Å². The zero-order chi connectivity index (χ0) is 27.4. The van der Waals surface area contributed by atoms with Crippen LogP contribution in [0, 0.1) is 28.6 Å². The van der Waals surface area contributed by atoms with Gasteiger partial charge in [-0.15, -0.1) is 23.2 Å². The van der Waals surface area contributed by atoms with Gasteiger partial charge in [0.25, 0.3) is 0 Å². The molecule has 0 spiro atoms. The molecule has 6 nitrogen and oxygen atoms in total. The minimum Gasteiger partial charge on any atom is -0.458 e. The van der Waals surface area contributed by atoms with Crippen molar-refractivity contribution in [3.05, 3.63) is 23.8 Å². The largest absolute Gasteiger partial charge is 0.458 e. The number of halogens is 2. The molecule has 0 radical (unpaired) electrons. The molecule has 3 saturated carbocycles. The summed E-state index contributed by atoms with van der Waals surface area (Å²) in [4.78, 5) is 49.9. The summed E-state index contributed by atoms with van der Waals surface area (Å²) in [6.45, 7) is 8.78. The molecule has 4 rings (SSSR count). The van der Waals surface area contributed by atoms with Gasteiger partial charge in [-0.25, -0.2) is 0 Å². The van der Waals surface area contributed by atoms with E-state index in [1.54, 1.807) is 12.2 Å². The van der Waals surface area contributed by atoms with E-state index in [0.29, 0.717) is 25.7 Å². The summed E-state index contributed by atoms with van der Waals surface area (Å²) in [5.41, 5.74) is -1.88. The van der Waals surface area contributed by atoms with Gasteiger partial charge in [0, 0.05) is 30.1 Å². The highest BCUT2D eigenvalue weighted by molar-refractivity contribution is 6.34. The molecule has 0 aromatic carbocycles. The monoisotopic (exact) mass is 552 g/mol. The first-order valence-corrected chi connectivity index (χ1v) is 14.2. The van der Waals surface area contributed by atoms with Crippen molar-refractivity contribution in [3.63, 3.8) is 0 Å². The van der Waals surface area contributed by atoms with E-state index in [2.05, 4.69) is 6.92 Å². The van der Waals surface area contributed by atoms with Crippen LogP contribution in [0.4, 0.5) is 0 Å². The minimum atomic E-state index is -1.47. The fraction of sp³-hybridized carbons (Fsp3) is 0.724. The number of hydrogen-bond donors (Lipinski definition) is 0. The number of Topliss-reactive ketones (excluding diaryl/α,β-unsaturated/α-hetero) is 1. The molecule has 3 fully saturated rings. The Kier molecular flexibility index (Phi) is 7.53. The minimum absolute atomic E-state index is 0.0403. The maximum Gasteiger partial charge on any atom is 0.306 e. The molecule has 8 atom stereocenters. The number of unbranched alkanes of at least 4 members (excludes halogenated alkanes) is 1. The number of carbonyl (C=O) groups excluding carboxylic acids is 4. The normalized spacial score (nSPS) is 42.2. The van der Waals surface area contributed by atoms with Crippen LogP contribution in [0.3, 0.4) is 0 Å². The Morgan fingerprint density at radius 3 is 2.54 bits per heavy atom. The molecule has 0 aliphatic heterocycles. The van der Waals surface area contributed by atoms with Gasteiger partial charge in [0.15, 0.2) is 18.0 Å². The van der Waals surface area contributed by atoms with Gasteiger partial charge in [-0.2, -0.15) is 0 Å². The predicted molar refractivity (Wildman–Crippen MR) is 141 cm³/mol. The average molecular weight is 554 g/mol. The number of hydrogen-bond acceptors (Lipinski definition) is 6. The van der Waals surface area contributed by atoms with Crippen molar-refractivity contribution in [3.8, 4) is 0 Å². The van der Waals surface area contributed by atoms with Crippen LogP contribution in [-0.4, -0.2) is 46.0 Å². The highest BCUT2D eigenvalue weighted by Crippen LogP contribution is 2.73. The van der Waals surface area contributed by atoms with Gasteiger partial charge >= 0.3 is 11.9 Å². The molecule has 204 valence electrons. The van der Waals surface area contributed by atoms with E-state index in [1.165, 1.54) is 6.92 Å². The van der Waals surface area contributed by atoms with Crippen LogP contribution in [0.5, 0.6) is 0 Å². The zero-order valence-corrected chi connectivity index (χ0v) is 23.9. The lowest BCUT2D eigenvalue weighted by Gasteiger charge is -2.64.